The first-order valence-corrected chi connectivity index (χ1v) is 12.2. The molecular formula is C26H20Cl2N4O2S. The number of nitrogens with zero attached hydrogens (tertiary/aromatic N) is 1. The van der Waals surface area contributed by atoms with Crippen molar-refractivity contribution < 1.29 is 9.59 Å². The summed E-state index contributed by atoms with van der Waals surface area (Å²) in [5.41, 5.74) is 3.01. The molecule has 4 aromatic rings. The van der Waals surface area contributed by atoms with Crippen molar-refractivity contribution in [3.63, 3.8) is 0 Å². The lowest BCUT2D eigenvalue weighted by Crippen LogP contribution is -2.20. The van der Waals surface area contributed by atoms with E-state index in [0.29, 0.717) is 22.1 Å². The number of aromatic nitrogens is 2. The molecule has 6 nitrogen and oxygen atoms in total. The Balaban J connectivity index is 1.47. The highest BCUT2D eigenvalue weighted by Crippen LogP contribution is 2.26. The summed E-state index contributed by atoms with van der Waals surface area (Å²) in [6.45, 7) is 1.88. The van der Waals surface area contributed by atoms with Crippen molar-refractivity contribution in [2.75, 3.05) is 5.32 Å². The van der Waals surface area contributed by atoms with Gasteiger partial charge in [-0.15, -0.1) is 11.3 Å². The van der Waals surface area contributed by atoms with Crippen LogP contribution in [0.1, 0.15) is 32.6 Å². The molecule has 2 aromatic heterocycles. The number of hydrogen-bond donors (Lipinski definition) is 3. The van der Waals surface area contributed by atoms with Gasteiger partial charge in [-0.05, 0) is 66.9 Å². The SMILES string of the molecule is C/C=C\C(=C/c1cnc(-c2ccc(NC(=O)c3c(Cl)cccc3Cl)cc2)[nH]1)NC(=O)c1cccs1. The molecule has 0 spiro atoms. The normalized spacial score (nSPS) is 11.6. The average Bonchev–Trinajstić information content (AvgIpc) is 3.52. The number of allylic oxidation sites excluding steroid dienone is 2. The molecule has 2 amide bonds. The fourth-order valence-electron chi connectivity index (χ4n) is 3.25. The van der Waals surface area contributed by atoms with Crippen LogP contribution in [-0.2, 0) is 0 Å². The number of carbonyl (C=O) groups excluding carboxylic acids is 2. The van der Waals surface area contributed by atoms with Gasteiger partial charge in [0, 0.05) is 16.9 Å². The second-order valence-corrected chi connectivity index (χ2v) is 9.11. The number of rotatable bonds is 7. The number of halogens is 2. The fraction of sp³-hybridized carbons (Fsp3) is 0.0385. The Kier molecular flexibility index (Phi) is 7.82. The summed E-state index contributed by atoms with van der Waals surface area (Å²) in [6, 6.07) is 15.7. The number of H-pyrrole nitrogens is 1. The van der Waals surface area contributed by atoms with Crippen molar-refractivity contribution in [2.45, 2.75) is 6.92 Å². The minimum atomic E-state index is -0.389. The summed E-state index contributed by atoms with van der Waals surface area (Å²) < 4.78 is 0. The van der Waals surface area contributed by atoms with Crippen molar-refractivity contribution in [2.24, 2.45) is 0 Å². The lowest BCUT2D eigenvalue weighted by Gasteiger charge is -2.09. The van der Waals surface area contributed by atoms with Crippen LogP contribution in [0.25, 0.3) is 17.5 Å². The number of anilines is 1. The third kappa shape index (κ3) is 6.08. The Bertz CT molecular complexity index is 1390. The van der Waals surface area contributed by atoms with E-state index in [1.807, 2.05) is 48.7 Å². The quantitative estimate of drug-likeness (QED) is 0.227. The van der Waals surface area contributed by atoms with E-state index in [0.717, 1.165) is 11.3 Å². The number of benzene rings is 2. The molecular weight excluding hydrogens is 503 g/mol. The van der Waals surface area contributed by atoms with E-state index in [9.17, 15) is 9.59 Å². The highest BCUT2D eigenvalue weighted by molar-refractivity contribution is 7.12. The average molecular weight is 523 g/mol. The summed E-state index contributed by atoms with van der Waals surface area (Å²) in [5, 5.41) is 8.13. The molecule has 0 fully saturated rings. The minimum absolute atomic E-state index is 0.167. The number of carbonyl (C=O) groups is 2. The predicted molar refractivity (Wildman–Crippen MR) is 143 cm³/mol. The van der Waals surface area contributed by atoms with Crippen molar-refractivity contribution >= 4 is 58.1 Å². The Hall–Kier alpha value is -3.65. The van der Waals surface area contributed by atoms with E-state index in [1.54, 1.807) is 42.6 Å². The first-order chi connectivity index (χ1) is 16.9. The summed E-state index contributed by atoms with van der Waals surface area (Å²) in [6.07, 6.45) is 7.16. The molecule has 2 heterocycles. The molecule has 0 aliphatic heterocycles. The third-order valence-corrected chi connectivity index (χ3v) is 6.36. The second kappa shape index (κ2) is 11.2. The second-order valence-electron chi connectivity index (χ2n) is 7.35. The number of imidazole rings is 1. The monoisotopic (exact) mass is 522 g/mol. The van der Waals surface area contributed by atoms with Gasteiger partial charge in [-0.1, -0.05) is 41.4 Å². The molecule has 35 heavy (non-hydrogen) atoms. The largest absolute Gasteiger partial charge is 0.338 e. The van der Waals surface area contributed by atoms with Crippen molar-refractivity contribution in [1.82, 2.24) is 15.3 Å². The molecule has 0 aliphatic rings. The highest BCUT2D eigenvalue weighted by Gasteiger charge is 2.15. The topological polar surface area (TPSA) is 86.9 Å². The number of hydrogen-bond acceptors (Lipinski definition) is 4. The van der Waals surface area contributed by atoms with Crippen LogP contribution < -0.4 is 10.6 Å². The molecule has 2 aromatic carbocycles. The van der Waals surface area contributed by atoms with Gasteiger partial charge in [0.15, 0.2) is 0 Å². The van der Waals surface area contributed by atoms with E-state index < -0.39 is 0 Å². The summed E-state index contributed by atoms with van der Waals surface area (Å²) in [5.74, 6) is 0.0902. The third-order valence-electron chi connectivity index (χ3n) is 4.86. The van der Waals surface area contributed by atoms with Gasteiger partial charge in [0.2, 0.25) is 0 Å². The molecule has 0 radical (unpaired) electrons. The molecule has 0 bridgehead atoms. The highest BCUT2D eigenvalue weighted by atomic mass is 35.5. The van der Waals surface area contributed by atoms with Crippen molar-refractivity contribution in [1.29, 1.82) is 0 Å². The van der Waals surface area contributed by atoms with Gasteiger partial charge in [-0.2, -0.15) is 0 Å². The first kappa shape index (κ1) is 24.5. The Morgan fingerprint density at radius 2 is 1.74 bits per heavy atom. The molecule has 0 unspecified atom stereocenters. The standard InChI is InChI=1S/C26H20Cl2N4O2S/c1-2-5-18(32-25(33)22-8-4-13-35-22)14-19-15-29-24(30-19)16-9-11-17(12-10-16)31-26(34)23-20(27)6-3-7-21(23)28/h2-15H,1H3,(H,29,30)(H,31,34)(H,32,33)/b5-2-,18-14+. The maximum atomic E-state index is 12.6. The molecule has 176 valence electrons. The first-order valence-electron chi connectivity index (χ1n) is 10.5. The molecule has 3 N–H and O–H groups in total. The van der Waals surface area contributed by atoms with Gasteiger partial charge >= 0.3 is 0 Å². The zero-order valence-electron chi connectivity index (χ0n) is 18.5. The lowest BCUT2D eigenvalue weighted by molar-refractivity contribution is 0.0970. The van der Waals surface area contributed by atoms with Crippen LogP contribution in [0.5, 0.6) is 0 Å². The van der Waals surface area contributed by atoms with Crippen LogP contribution >= 0.6 is 34.5 Å². The number of nitrogens with one attached hydrogen (secondary N) is 3. The van der Waals surface area contributed by atoms with Gasteiger partial charge < -0.3 is 15.6 Å². The summed E-state index contributed by atoms with van der Waals surface area (Å²) in [4.78, 5) is 33.3. The molecule has 9 heteroatoms. The molecule has 0 atom stereocenters. The van der Waals surface area contributed by atoms with E-state index in [4.69, 9.17) is 23.2 Å². The Morgan fingerprint density at radius 3 is 2.40 bits per heavy atom. The molecule has 0 saturated heterocycles. The number of amides is 2. The number of thiophene rings is 1. The summed E-state index contributed by atoms with van der Waals surface area (Å²) >= 11 is 13.6. The van der Waals surface area contributed by atoms with Gasteiger partial charge in [-0.25, -0.2) is 4.98 Å². The van der Waals surface area contributed by atoms with E-state index in [2.05, 4.69) is 20.6 Å². The van der Waals surface area contributed by atoms with Crippen LogP contribution in [0, 0.1) is 0 Å². The fourth-order valence-corrected chi connectivity index (χ4v) is 4.44. The Labute approximate surface area is 216 Å². The van der Waals surface area contributed by atoms with Crippen LogP contribution in [0.2, 0.25) is 10.0 Å². The molecule has 4 rings (SSSR count). The van der Waals surface area contributed by atoms with Crippen LogP contribution in [-0.4, -0.2) is 21.8 Å². The Morgan fingerprint density at radius 1 is 1.00 bits per heavy atom. The maximum absolute atomic E-state index is 12.6. The number of aromatic amines is 1. The zero-order valence-corrected chi connectivity index (χ0v) is 20.8. The smallest absolute Gasteiger partial charge is 0.265 e. The van der Waals surface area contributed by atoms with Crippen molar-refractivity contribution in [3.05, 3.63) is 110 Å². The van der Waals surface area contributed by atoms with Crippen LogP contribution in [0.15, 0.2) is 84.0 Å². The maximum Gasteiger partial charge on any atom is 0.265 e. The minimum Gasteiger partial charge on any atom is -0.338 e. The van der Waals surface area contributed by atoms with Gasteiger partial charge in [0.1, 0.15) is 5.82 Å². The van der Waals surface area contributed by atoms with Gasteiger partial charge in [0.25, 0.3) is 11.8 Å². The van der Waals surface area contributed by atoms with Gasteiger partial charge in [-0.3, -0.25) is 9.59 Å². The zero-order chi connectivity index (χ0) is 24.8. The van der Waals surface area contributed by atoms with E-state index in [1.165, 1.54) is 11.3 Å². The molecule has 0 aliphatic carbocycles. The molecule has 0 saturated carbocycles. The van der Waals surface area contributed by atoms with E-state index in [-0.39, 0.29) is 27.4 Å². The van der Waals surface area contributed by atoms with Crippen LogP contribution in [0.4, 0.5) is 5.69 Å². The van der Waals surface area contributed by atoms with Crippen molar-refractivity contribution in [3.8, 4) is 11.4 Å². The van der Waals surface area contributed by atoms with Gasteiger partial charge in [0.05, 0.1) is 32.4 Å². The summed E-state index contributed by atoms with van der Waals surface area (Å²) in [7, 11) is 0. The predicted octanol–water partition coefficient (Wildman–Crippen LogP) is 7.04. The van der Waals surface area contributed by atoms with Crippen LogP contribution in [0.3, 0.4) is 0 Å². The van der Waals surface area contributed by atoms with E-state index >= 15 is 0 Å². The lowest BCUT2D eigenvalue weighted by atomic mass is 10.1.